The quantitative estimate of drug-likeness (QED) is 0.886. The van der Waals surface area contributed by atoms with Gasteiger partial charge in [-0.2, -0.15) is 0 Å². The van der Waals surface area contributed by atoms with Crippen molar-refractivity contribution in [2.75, 3.05) is 29.9 Å². The minimum atomic E-state index is -0.367. The molecule has 0 unspecified atom stereocenters. The molecule has 3 rings (SSSR count). The fourth-order valence-corrected chi connectivity index (χ4v) is 3.05. The number of rotatable bonds is 4. The maximum absolute atomic E-state index is 12.2. The summed E-state index contributed by atoms with van der Waals surface area (Å²) in [5, 5.41) is 2.96. The number of anilines is 2. The first-order chi connectivity index (χ1) is 10.3. The van der Waals surface area contributed by atoms with Gasteiger partial charge in [0.25, 0.3) is 5.91 Å². The number of nitrogens with one attached hydrogen (secondary N) is 1. The summed E-state index contributed by atoms with van der Waals surface area (Å²) in [6.45, 7) is 2.68. The summed E-state index contributed by atoms with van der Waals surface area (Å²) in [7, 11) is 0. The van der Waals surface area contributed by atoms with E-state index in [1.54, 1.807) is 0 Å². The summed E-state index contributed by atoms with van der Waals surface area (Å²) >= 11 is 0. The minimum absolute atomic E-state index is 0.0247. The molecule has 1 aromatic rings. The summed E-state index contributed by atoms with van der Waals surface area (Å²) < 4.78 is 5.63. The Balaban J connectivity index is 1.62. The van der Waals surface area contributed by atoms with Gasteiger partial charge in [0.05, 0.1) is 6.10 Å². The first-order valence-electron chi connectivity index (χ1n) is 7.77. The highest BCUT2D eigenvalue weighted by molar-refractivity contribution is 5.94. The van der Waals surface area contributed by atoms with Crippen LogP contribution in [0, 0.1) is 0 Å². The van der Waals surface area contributed by atoms with Crippen LogP contribution in [0.4, 0.5) is 11.4 Å². The molecule has 2 atom stereocenters. The molecule has 3 N–H and O–H groups in total. The van der Waals surface area contributed by atoms with Crippen LogP contribution in [0.3, 0.4) is 0 Å². The molecule has 0 radical (unpaired) electrons. The Hall–Kier alpha value is -1.59. The summed E-state index contributed by atoms with van der Waals surface area (Å²) in [6, 6.07) is 8.05. The molecular weight excluding hydrogens is 266 g/mol. The maximum atomic E-state index is 12.2. The van der Waals surface area contributed by atoms with Crippen LogP contribution in [0.5, 0.6) is 0 Å². The zero-order valence-corrected chi connectivity index (χ0v) is 12.3. The maximum Gasteiger partial charge on any atom is 0.253 e. The van der Waals surface area contributed by atoms with Gasteiger partial charge in [-0.1, -0.05) is 6.07 Å². The lowest BCUT2D eigenvalue weighted by atomic mass is 10.2. The van der Waals surface area contributed by atoms with Crippen LogP contribution < -0.4 is 16.0 Å². The molecule has 0 saturated carbocycles. The van der Waals surface area contributed by atoms with Crippen LogP contribution in [0.2, 0.25) is 0 Å². The fourth-order valence-electron chi connectivity index (χ4n) is 3.05. The Morgan fingerprint density at radius 2 is 2.14 bits per heavy atom. The van der Waals surface area contributed by atoms with Crippen LogP contribution in [-0.2, 0) is 9.53 Å². The molecule has 2 aliphatic rings. The monoisotopic (exact) mass is 289 g/mol. The van der Waals surface area contributed by atoms with E-state index in [2.05, 4.69) is 16.3 Å². The molecule has 2 saturated heterocycles. The number of amides is 1. The molecule has 2 heterocycles. The molecule has 21 heavy (non-hydrogen) atoms. The number of nitrogens with two attached hydrogens (primary N) is 1. The third-order valence-corrected chi connectivity index (χ3v) is 4.25. The smallest absolute Gasteiger partial charge is 0.253 e. The molecule has 114 valence electrons. The van der Waals surface area contributed by atoms with Crippen LogP contribution in [0.15, 0.2) is 24.3 Å². The van der Waals surface area contributed by atoms with Crippen molar-refractivity contribution in [3.8, 4) is 0 Å². The molecule has 2 fully saturated rings. The highest BCUT2D eigenvalue weighted by Crippen LogP contribution is 2.25. The number of benzene rings is 1. The Bertz CT molecular complexity index is 500. The zero-order chi connectivity index (χ0) is 14.7. The topological polar surface area (TPSA) is 67.6 Å². The van der Waals surface area contributed by atoms with Crippen molar-refractivity contribution in [3.63, 3.8) is 0 Å². The Labute approximate surface area is 125 Å². The van der Waals surface area contributed by atoms with Crippen LogP contribution >= 0.6 is 0 Å². The average molecular weight is 289 g/mol. The molecule has 5 heteroatoms. The molecule has 0 spiro atoms. The van der Waals surface area contributed by atoms with Gasteiger partial charge in [0.15, 0.2) is 0 Å². The van der Waals surface area contributed by atoms with Gasteiger partial charge in [0.2, 0.25) is 0 Å². The van der Waals surface area contributed by atoms with Gasteiger partial charge in [-0.3, -0.25) is 4.79 Å². The van der Waals surface area contributed by atoms with Crippen molar-refractivity contribution in [2.45, 2.75) is 37.9 Å². The van der Waals surface area contributed by atoms with Crippen LogP contribution in [0.1, 0.15) is 25.7 Å². The number of hydrogen-bond acceptors (Lipinski definition) is 4. The molecular formula is C16H23N3O2. The Morgan fingerprint density at radius 1 is 1.33 bits per heavy atom. The fraction of sp³-hybridized carbons (Fsp3) is 0.562. The zero-order valence-electron chi connectivity index (χ0n) is 12.3. The van der Waals surface area contributed by atoms with Crippen LogP contribution in [-0.4, -0.2) is 37.7 Å². The minimum Gasteiger partial charge on any atom is -0.371 e. The summed E-state index contributed by atoms with van der Waals surface area (Å²) in [5.41, 5.74) is 7.59. The number of hydrogen-bond donors (Lipinski definition) is 2. The average Bonchev–Trinajstić information content (AvgIpc) is 3.19. The molecule has 0 aromatic heterocycles. The van der Waals surface area contributed by atoms with E-state index in [1.807, 2.05) is 18.2 Å². The predicted octanol–water partition coefficient (Wildman–Crippen LogP) is 1.73. The SMILES string of the molecule is NC[C@H]1CC[C@@H](C(=O)Nc2cccc(N3CCCC3)c2)O1. The van der Waals surface area contributed by atoms with E-state index in [0.717, 1.165) is 31.6 Å². The predicted molar refractivity (Wildman–Crippen MR) is 83.5 cm³/mol. The Kier molecular flexibility index (Phi) is 4.41. The lowest BCUT2D eigenvalue weighted by Crippen LogP contribution is -2.29. The first kappa shape index (κ1) is 14.4. The van der Waals surface area contributed by atoms with E-state index >= 15 is 0 Å². The van der Waals surface area contributed by atoms with Gasteiger partial charge in [0.1, 0.15) is 6.10 Å². The second-order valence-corrected chi connectivity index (χ2v) is 5.79. The van der Waals surface area contributed by atoms with Gasteiger partial charge < -0.3 is 20.7 Å². The number of carbonyl (C=O) groups excluding carboxylic acids is 1. The highest BCUT2D eigenvalue weighted by atomic mass is 16.5. The van der Waals surface area contributed by atoms with Gasteiger partial charge in [-0.15, -0.1) is 0 Å². The lowest BCUT2D eigenvalue weighted by molar-refractivity contribution is -0.126. The number of carbonyl (C=O) groups is 1. The standard InChI is InChI=1S/C16H23N3O2/c17-11-14-6-7-15(21-14)16(20)18-12-4-3-5-13(10-12)19-8-1-2-9-19/h3-5,10,14-15H,1-2,6-9,11,17H2,(H,18,20)/t14-,15+/m1/s1. The second-order valence-electron chi connectivity index (χ2n) is 5.79. The molecule has 0 bridgehead atoms. The summed E-state index contributed by atoms with van der Waals surface area (Å²) in [6.07, 6.45) is 3.76. The van der Waals surface area contributed by atoms with E-state index in [1.165, 1.54) is 18.5 Å². The van der Waals surface area contributed by atoms with E-state index in [-0.39, 0.29) is 18.1 Å². The molecule has 1 aromatic carbocycles. The van der Waals surface area contributed by atoms with Crippen LogP contribution in [0.25, 0.3) is 0 Å². The van der Waals surface area contributed by atoms with Crippen molar-refractivity contribution in [2.24, 2.45) is 5.73 Å². The lowest BCUT2D eigenvalue weighted by Gasteiger charge is -2.19. The van der Waals surface area contributed by atoms with Gasteiger partial charge in [-0.25, -0.2) is 0 Å². The van der Waals surface area contributed by atoms with Gasteiger partial charge in [-0.05, 0) is 43.9 Å². The van der Waals surface area contributed by atoms with Crippen molar-refractivity contribution in [3.05, 3.63) is 24.3 Å². The number of ether oxygens (including phenoxy) is 1. The van der Waals surface area contributed by atoms with Gasteiger partial charge in [0, 0.05) is 31.0 Å². The van der Waals surface area contributed by atoms with E-state index in [0.29, 0.717) is 6.54 Å². The molecule has 2 aliphatic heterocycles. The first-order valence-corrected chi connectivity index (χ1v) is 7.77. The molecule has 1 amide bonds. The second kappa shape index (κ2) is 6.45. The largest absolute Gasteiger partial charge is 0.371 e. The van der Waals surface area contributed by atoms with Crippen molar-refractivity contribution < 1.29 is 9.53 Å². The van der Waals surface area contributed by atoms with Crippen molar-refractivity contribution in [1.82, 2.24) is 0 Å². The van der Waals surface area contributed by atoms with E-state index in [4.69, 9.17) is 10.5 Å². The Morgan fingerprint density at radius 3 is 2.86 bits per heavy atom. The third-order valence-electron chi connectivity index (χ3n) is 4.25. The van der Waals surface area contributed by atoms with Crippen molar-refractivity contribution in [1.29, 1.82) is 0 Å². The van der Waals surface area contributed by atoms with E-state index in [9.17, 15) is 4.79 Å². The number of nitrogens with zero attached hydrogens (tertiary/aromatic N) is 1. The normalized spacial score (nSPS) is 25.3. The van der Waals surface area contributed by atoms with E-state index < -0.39 is 0 Å². The van der Waals surface area contributed by atoms with Crippen molar-refractivity contribution >= 4 is 17.3 Å². The summed E-state index contributed by atoms with van der Waals surface area (Å²) in [5.74, 6) is -0.0653. The molecule has 5 nitrogen and oxygen atoms in total. The third kappa shape index (κ3) is 3.36. The van der Waals surface area contributed by atoms with Gasteiger partial charge >= 0.3 is 0 Å². The summed E-state index contributed by atoms with van der Waals surface area (Å²) in [4.78, 5) is 14.6. The highest BCUT2D eigenvalue weighted by Gasteiger charge is 2.29. The molecule has 0 aliphatic carbocycles.